The average Bonchev–Trinajstić information content (AvgIpc) is 3.46. The van der Waals surface area contributed by atoms with Gasteiger partial charge in [0.2, 0.25) is 11.2 Å². The summed E-state index contributed by atoms with van der Waals surface area (Å²) in [5.41, 5.74) is 0.615. The molecule has 0 spiro atoms. The monoisotopic (exact) mass is 652 g/mol. The van der Waals surface area contributed by atoms with Crippen molar-refractivity contribution >= 4 is 21.9 Å². The molecule has 0 bridgehead atoms. The van der Waals surface area contributed by atoms with E-state index in [4.69, 9.17) is 4.74 Å². The molecule has 4 rings (SSSR count). The molecule has 1 aliphatic heterocycles. The van der Waals surface area contributed by atoms with Crippen molar-refractivity contribution in [3.05, 3.63) is 71.1 Å². The summed E-state index contributed by atoms with van der Waals surface area (Å²) in [5, 5.41) is 20.3. The van der Waals surface area contributed by atoms with Crippen LogP contribution in [0.2, 0.25) is 0 Å². The fourth-order valence-electron chi connectivity index (χ4n) is 4.36. The van der Waals surface area contributed by atoms with Gasteiger partial charge in [-0.2, -0.15) is 18.3 Å². The summed E-state index contributed by atoms with van der Waals surface area (Å²) < 4.78 is 74.3. The van der Waals surface area contributed by atoms with Gasteiger partial charge in [-0.3, -0.25) is 9.59 Å². The van der Waals surface area contributed by atoms with Gasteiger partial charge in [0.15, 0.2) is 5.69 Å². The van der Waals surface area contributed by atoms with Crippen LogP contribution in [0.1, 0.15) is 37.9 Å². The van der Waals surface area contributed by atoms with Crippen molar-refractivity contribution in [2.24, 2.45) is 17.1 Å². The zero-order chi connectivity index (χ0) is 32.9. The van der Waals surface area contributed by atoms with Crippen molar-refractivity contribution < 1.29 is 45.7 Å². The molecular formula is C28H31F3N6O7S. The summed E-state index contributed by atoms with van der Waals surface area (Å²) >= 11 is 0. The summed E-state index contributed by atoms with van der Waals surface area (Å²) in [4.78, 5) is 28.7. The van der Waals surface area contributed by atoms with E-state index in [1.165, 1.54) is 17.1 Å². The number of nitrogens with one attached hydrogen (secondary N) is 1. The highest BCUT2D eigenvalue weighted by molar-refractivity contribution is 7.90. The molecule has 1 N–H and O–H groups in total. The molecule has 13 nitrogen and oxygen atoms in total. The van der Waals surface area contributed by atoms with Gasteiger partial charge in [-0.1, -0.05) is 43.7 Å². The molecule has 0 atom stereocenters. The van der Waals surface area contributed by atoms with Crippen LogP contribution >= 0.6 is 0 Å². The summed E-state index contributed by atoms with van der Waals surface area (Å²) in [5.74, 6) is -2.39. The van der Waals surface area contributed by atoms with Gasteiger partial charge in [0.05, 0.1) is 40.3 Å². The molecule has 17 heteroatoms. The van der Waals surface area contributed by atoms with E-state index in [0.717, 1.165) is 28.4 Å². The second-order valence-corrected chi connectivity index (χ2v) is 12.3. The van der Waals surface area contributed by atoms with E-state index < -0.39 is 46.5 Å². The second kappa shape index (κ2) is 13.5. The lowest BCUT2D eigenvalue weighted by Crippen LogP contribution is -2.44. The molecule has 2 aromatic carbocycles. The molecule has 0 radical (unpaired) electrons. The lowest BCUT2D eigenvalue weighted by atomic mass is 9.97. The standard InChI is InChI=1S/C28H31F3N6O7S/c1-18(2)27(39)43-17-44-34-37(40)35-14-12-21(13-15-35)26(38)33-45(41,42)23-10-8-22(9-11-23)36-24(16-25(32-36)28(29,30)31)20-6-4-19(3)5-7-20/h4-11,16,18,21H,12-15,17H2,1-3H3,(H,33,38)/b37-34-. The van der Waals surface area contributed by atoms with Crippen LogP contribution in [0.3, 0.4) is 0 Å². The second-order valence-electron chi connectivity index (χ2n) is 10.6. The van der Waals surface area contributed by atoms with E-state index in [0.29, 0.717) is 5.56 Å². The predicted molar refractivity (Wildman–Crippen MR) is 151 cm³/mol. The van der Waals surface area contributed by atoms with Crippen molar-refractivity contribution in [1.82, 2.24) is 19.5 Å². The molecule has 0 aliphatic carbocycles. The number of nitrogens with zero attached hydrogens (tertiary/aromatic N) is 5. The number of hydrogen-bond donors (Lipinski definition) is 1. The molecule has 1 aromatic heterocycles. The summed E-state index contributed by atoms with van der Waals surface area (Å²) in [6.45, 7) is 4.70. The van der Waals surface area contributed by atoms with Crippen LogP contribution in [0.15, 0.2) is 64.8 Å². The van der Waals surface area contributed by atoms with Crippen molar-refractivity contribution in [3.8, 4) is 16.9 Å². The highest BCUT2D eigenvalue weighted by Crippen LogP contribution is 2.33. The third-order valence-corrected chi connectivity index (χ3v) is 8.27. The van der Waals surface area contributed by atoms with Crippen LogP contribution in [0, 0.1) is 24.0 Å². The largest absolute Gasteiger partial charge is 0.569 e. The number of carbonyl (C=O) groups excluding carboxylic acids is 2. The third-order valence-electron chi connectivity index (χ3n) is 6.91. The number of amides is 1. The normalized spacial score (nSPS) is 14.8. The average molecular weight is 653 g/mol. The number of halogens is 3. The van der Waals surface area contributed by atoms with Crippen LogP contribution < -0.4 is 4.72 Å². The van der Waals surface area contributed by atoms with E-state index in [2.05, 4.69) is 15.2 Å². The highest BCUT2D eigenvalue weighted by atomic mass is 32.2. The SMILES string of the molecule is Cc1ccc(-c2cc(C(F)(F)F)nn2-c2ccc(S(=O)(=O)NC(=O)C3CCN(/[N+]([O-])=N/OCOC(=O)C(C)C)CC3)cc2)cc1. The first kappa shape index (κ1) is 33.2. The molecule has 3 aromatic rings. The van der Waals surface area contributed by atoms with E-state index in [1.807, 2.05) is 11.6 Å². The first-order chi connectivity index (χ1) is 21.2. The molecule has 1 amide bonds. The number of aromatic nitrogens is 2. The summed E-state index contributed by atoms with van der Waals surface area (Å²) in [6.07, 6.45) is -4.42. The number of piperidine rings is 1. The minimum Gasteiger partial charge on any atom is -0.569 e. The smallest absolute Gasteiger partial charge is 0.435 e. The van der Waals surface area contributed by atoms with Crippen molar-refractivity contribution in [2.45, 2.75) is 44.7 Å². The van der Waals surface area contributed by atoms with Crippen LogP contribution in [-0.2, 0) is 35.4 Å². The fraction of sp³-hybridized carbons (Fsp3) is 0.393. The zero-order valence-electron chi connectivity index (χ0n) is 24.5. The van der Waals surface area contributed by atoms with Crippen molar-refractivity contribution in [1.29, 1.82) is 0 Å². The van der Waals surface area contributed by atoms with E-state index in [1.54, 1.807) is 38.1 Å². The van der Waals surface area contributed by atoms with Gasteiger partial charge in [-0.05, 0) is 50.1 Å². The Labute approximate surface area is 256 Å². The van der Waals surface area contributed by atoms with E-state index >= 15 is 0 Å². The van der Waals surface area contributed by atoms with Gasteiger partial charge in [0, 0.05) is 11.5 Å². The van der Waals surface area contributed by atoms with Gasteiger partial charge in [-0.25, -0.2) is 17.8 Å². The van der Waals surface area contributed by atoms with Crippen molar-refractivity contribution in [3.63, 3.8) is 0 Å². The van der Waals surface area contributed by atoms with Crippen LogP contribution in [-0.4, -0.2) is 59.9 Å². The van der Waals surface area contributed by atoms with E-state index in [9.17, 15) is 36.4 Å². The maximum Gasteiger partial charge on any atom is 0.435 e. The van der Waals surface area contributed by atoms with Crippen molar-refractivity contribution in [2.75, 3.05) is 19.9 Å². The summed E-state index contributed by atoms with van der Waals surface area (Å²) in [6, 6.07) is 12.6. The number of aryl methyl sites for hydroxylation is 1. The third kappa shape index (κ3) is 8.29. The lowest BCUT2D eigenvalue weighted by Gasteiger charge is -2.27. The Balaban J connectivity index is 1.39. The molecule has 0 saturated carbocycles. The van der Waals surface area contributed by atoms with Gasteiger partial charge in [0.1, 0.15) is 0 Å². The first-order valence-electron chi connectivity index (χ1n) is 13.8. The van der Waals surface area contributed by atoms with Crippen LogP contribution in [0.4, 0.5) is 13.2 Å². The minimum atomic E-state index is -4.70. The maximum absolute atomic E-state index is 13.5. The lowest BCUT2D eigenvalue weighted by molar-refractivity contribution is -0.713. The Morgan fingerprint density at radius 1 is 1.11 bits per heavy atom. The zero-order valence-corrected chi connectivity index (χ0v) is 25.3. The Bertz CT molecular complexity index is 1650. The number of ether oxygens (including phenoxy) is 1. The summed E-state index contributed by atoms with van der Waals surface area (Å²) in [7, 11) is -4.33. The van der Waals surface area contributed by atoms with Gasteiger partial charge in [0.25, 0.3) is 16.8 Å². The Hall–Kier alpha value is -4.67. The predicted octanol–water partition coefficient (Wildman–Crippen LogP) is 4.35. The Morgan fingerprint density at radius 2 is 1.73 bits per heavy atom. The van der Waals surface area contributed by atoms with Gasteiger partial charge < -0.3 is 14.8 Å². The van der Waals surface area contributed by atoms with Gasteiger partial charge in [-0.15, -0.1) is 5.01 Å². The van der Waals surface area contributed by atoms with Crippen LogP contribution in [0.5, 0.6) is 0 Å². The molecule has 0 unspecified atom stereocenters. The first-order valence-corrected chi connectivity index (χ1v) is 15.3. The Kier molecular flexibility index (Phi) is 10.00. The minimum absolute atomic E-state index is 0.0715. The van der Waals surface area contributed by atoms with Crippen LogP contribution in [0.25, 0.3) is 16.9 Å². The number of benzene rings is 2. The topological polar surface area (TPSA) is 158 Å². The number of hydrogen-bond acceptors (Lipinski definition) is 9. The number of alkyl halides is 3. The van der Waals surface area contributed by atoms with E-state index in [-0.39, 0.29) is 53.1 Å². The molecule has 2 heterocycles. The molecule has 45 heavy (non-hydrogen) atoms. The molecular weight excluding hydrogens is 621 g/mol. The number of sulfonamides is 1. The number of esters is 1. The fourth-order valence-corrected chi connectivity index (χ4v) is 5.41. The quantitative estimate of drug-likeness (QED) is 0.0840. The van der Waals surface area contributed by atoms with Gasteiger partial charge >= 0.3 is 12.1 Å². The number of rotatable bonds is 10. The molecule has 1 fully saturated rings. The highest BCUT2D eigenvalue weighted by Gasteiger charge is 2.35. The molecule has 1 aliphatic rings. The maximum atomic E-state index is 13.5. The number of carbonyl (C=O) groups is 2. The molecule has 1 saturated heterocycles. The number of hydrazine groups is 1. The Morgan fingerprint density at radius 3 is 2.31 bits per heavy atom. The molecule has 242 valence electrons.